The van der Waals surface area contributed by atoms with Crippen molar-refractivity contribution in [3.63, 3.8) is 0 Å². The van der Waals surface area contributed by atoms with Crippen LogP contribution < -0.4 is 0 Å². The number of rotatable bonds is 8. The van der Waals surface area contributed by atoms with Gasteiger partial charge in [-0.15, -0.1) is 0 Å². The predicted octanol–water partition coefficient (Wildman–Crippen LogP) is 2.08. The van der Waals surface area contributed by atoms with E-state index in [0.717, 1.165) is 31.0 Å². The van der Waals surface area contributed by atoms with Crippen molar-refractivity contribution < 1.29 is 29.0 Å². The van der Waals surface area contributed by atoms with Gasteiger partial charge in [0, 0.05) is 19.4 Å². The van der Waals surface area contributed by atoms with E-state index in [9.17, 15) is 19.2 Å². The molecule has 0 aromatic heterocycles. The fourth-order valence-electron chi connectivity index (χ4n) is 1.40. The fourth-order valence-corrected chi connectivity index (χ4v) is 1.40. The normalized spacial score (nSPS) is 10.1. The summed E-state index contributed by atoms with van der Waals surface area (Å²) in [4.78, 5) is 39.8. The summed E-state index contributed by atoms with van der Waals surface area (Å²) in [5, 5.41) is 8.18. The molecule has 0 aliphatic rings. The maximum absolute atomic E-state index is 10.3. The van der Waals surface area contributed by atoms with E-state index in [-0.39, 0.29) is 6.61 Å². The average Bonchev–Trinajstić information content (AvgIpc) is 2.64. The Balaban J connectivity index is 0. The average molecular weight is 352 g/mol. The van der Waals surface area contributed by atoms with Crippen molar-refractivity contribution in [3.05, 3.63) is 35.4 Å². The molecule has 0 amide bonds. The number of carbonyl (C=O) groups is 4. The number of esters is 1. The minimum Gasteiger partial charge on any atom is -0.468 e. The Kier molecular flexibility index (Phi) is 17.9. The van der Waals surface area contributed by atoms with Crippen molar-refractivity contribution in [3.8, 4) is 0 Å². The van der Waals surface area contributed by atoms with Gasteiger partial charge in [-0.1, -0.05) is 29.8 Å². The molecule has 140 valence electrons. The number of aliphatic hydroxyl groups is 1. The van der Waals surface area contributed by atoms with Crippen LogP contribution in [0.1, 0.15) is 37.3 Å². The van der Waals surface area contributed by atoms with E-state index < -0.39 is 11.9 Å². The molecule has 0 fully saturated rings. The molecule has 0 bridgehead atoms. The first-order valence-corrected chi connectivity index (χ1v) is 8.03. The number of ether oxygens (including phenoxy) is 1. The summed E-state index contributed by atoms with van der Waals surface area (Å²) in [6.07, 6.45) is 5.02. The molecule has 0 radical (unpaired) electrons. The molecule has 1 atom stereocenters. The molecule has 0 saturated heterocycles. The highest BCUT2D eigenvalue weighted by molar-refractivity contribution is 5.86. The van der Waals surface area contributed by atoms with Gasteiger partial charge in [-0.05, 0) is 32.3 Å². The van der Waals surface area contributed by atoms with Gasteiger partial charge in [0.2, 0.25) is 0 Å². The van der Waals surface area contributed by atoms with Gasteiger partial charge in [-0.2, -0.15) is 0 Å². The van der Waals surface area contributed by atoms with Crippen LogP contribution in [0.4, 0.5) is 0 Å². The quantitative estimate of drug-likeness (QED) is 0.333. The molecule has 1 aromatic carbocycles. The zero-order chi connectivity index (χ0) is 19.5. The van der Waals surface area contributed by atoms with E-state index in [1.807, 2.05) is 31.2 Å². The van der Waals surface area contributed by atoms with Crippen molar-refractivity contribution in [2.75, 3.05) is 13.7 Å². The van der Waals surface area contributed by atoms with E-state index in [1.165, 1.54) is 19.6 Å². The second-order valence-electron chi connectivity index (χ2n) is 5.19. The summed E-state index contributed by atoms with van der Waals surface area (Å²) in [7, 11) is 1.25. The van der Waals surface area contributed by atoms with Crippen LogP contribution in [0, 0.1) is 12.8 Å². The van der Waals surface area contributed by atoms with Crippen LogP contribution in [0.2, 0.25) is 0 Å². The van der Waals surface area contributed by atoms with E-state index in [0.29, 0.717) is 19.1 Å². The molecule has 1 unspecified atom stereocenters. The lowest BCUT2D eigenvalue weighted by Gasteiger charge is -1.97. The van der Waals surface area contributed by atoms with Crippen molar-refractivity contribution in [2.24, 2.45) is 5.92 Å². The van der Waals surface area contributed by atoms with Gasteiger partial charge in [0.25, 0.3) is 0 Å². The number of aryl methyl sites for hydroxylation is 1. The highest BCUT2D eigenvalue weighted by atomic mass is 16.5. The molecule has 25 heavy (non-hydrogen) atoms. The summed E-state index contributed by atoms with van der Waals surface area (Å²) in [6.45, 7) is 3.72. The molecule has 6 heteroatoms. The number of unbranched alkanes of at least 4 members (excludes halogenated alkanes) is 2. The van der Waals surface area contributed by atoms with E-state index in [4.69, 9.17) is 5.11 Å². The molecule has 6 nitrogen and oxygen atoms in total. The highest BCUT2D eigenvalue weighted by Gasteiger charge is 2.09. The SMILES string of the molecule is COC(=O)C(C)C=O.Cc1ccc(CC=O)cc1.O=CCCCCO. The smallest absolute Gasteiger partial charge is 0.315 e. The van der Waals surface area contributed by atoms with Crippen LogP contribution >= 0.6 is 0 Å². The molecule has 0 spiro atoms. The van der Waals surface area contributed by atoms with Gasteiger partial charge in [-0.25, -0.2) is 0 Å². The number of hydrogen-bond acceptors (Lipinski definition) is 6. The van der Waals surface area contributed by atoms with Crippen molar-refractivity contribution in [1.29, 1.82) is 0 Å². The predicted molar refractivity (Wildman–Crippen MR) is 95.2 cm³/mol. The van der Waals surface area contributed by atoms with E-state index in [2.05, 4.69) is 4.74 Å². The Hall–Kier alpha value is -2.34. The summed E-state index contributed by atoms with van der Waals surface area (Å²) in [5.41, 5.74) is 2.32. The van der Waals surface area contributed by atoms with E-state index >= 15 is 0 Å². The summed E-state index contributed by atoms with van der Waals surface area (Å²) in [6, 6.07) is 7.98. The zero-order valence-corrected chi connectivity index (χ0v) is 15.1. The Morgan fingerprint density at radius 2 is 1.72 bits per heavy atom. The van der Waals surface area contributed by atoms with Crippen LogP contribution in [0.15, 0.2) is 24.3 Å². The Morgan fingerprint density at radius 3 is 2.08 bits per heavy atom. The molecule has 1 N–H and O–H groups in total. The molecular formula is C19H28O6. The Labute approximate surface area is 149 Å². The lowest BCUT2D eigenvalue weighted by Crippen LogP contribution is -2.13. The summed E-state index contributed by atoms with van der Waals surface area (Å²) < 4.78 is 4.23. The number of aldehydes is 3. The topological polar surface area (TPSA) is 97.7 Å². The minimum absolute atomic E-state index is 0.202. The monoisotopic (exact) mass is 352 g/mol. The third-order valence-corrected chi connectivity index (χ3v) is 2.95. The molecule has 0 aliphatic carbocycles. The molecule has 0 heterocycles. The van der Waals surface area contributed by atoms with Gasteiger partial charge < -0.3 is 24.2 Å². The number of aliphatic hydroxyl groups excluding tert-OH is 1. The van der Waals surface area contributed by atoms with Gasteiger partial charge in [0.15, 0.2) is 0 Å². The van der Waals surface area contributed by atoms with Crippen molar-refractivity contribution >= 4 is 24.8 Å². The van der Waals surface area contributed by atoms with Crippen molar-refractivity contribution in [2.45, 2.75) is 39.5 Å². The lowest BCUT2D eigenvalue weighted by atomic mass is 10.1. The molecular weight excluding hydrogens is 324 g/mol. The maximum atomic E-state index is 10.3. The van der Waals surface area contributed by atoms with Gasteiger partial charge in [0.05, 0.1) is 7.11 Å². The summed E-state index contributed by atoms with van der Waals surface area (Å²) >= 11 is 0. The molecule has 1 rings (SSSR count). The number of hydrogen-bond donors (Lipinski definition) is 1. The minimum atomic E-state index is -0.625. The second kappa shape index (κ2) is 18.0. The first-order chi connectivity index (χ1) is 12.0. The van der Waals surface area contributed by atoms with Crippen LogP contribution in [-0.2, 0) is 30.3 Å². The maximum Gasteiger partial charge on any atom is 0.315 e. The van der Waals surface area contributed by atoms with Crippen molar-refractivity contribution in [1.82, 2.24) is 0 Å². The largest absolute Gasteiger partial charge is 0.468 e. The van der Waals surface area contributed by atoms with Gasteiger partial charge in [0.1, 0.15) is 24.8 Å². The number of methoxy groups -OCH3 is 1. The van der Waals surface area contributed by atoms with Crippen LogP contribution in [-0.4, -0.2) is 43.7 Å². The third kappa shape index (κ3) is 16.3. The first-order valence-electron chi connectivity index (χ1n) is 8.03. The number of carbonyl (C=O) groups excluding carboxylic acids is 4. The number of benzene rings is 1. The third-order valence-electron chi connectivity index (χ3n) is 2.95. The van der Waals surface area contributed by atoms with Gasteiger partial charge >= 0.3 is 5.97 Å². The Bertz CT molecular complexity index is 481. The highest BCUT2D eigenvalue weighted by Crippen LogP contribution is 2.01. The second-order valence-corrected chi connectivity index (χ2v) is 5.19. The fraction of sp³-hybridized carbons (Fsp3) is 0.474. The van der Waals surface area contributed by atoms with Crippen LogP contribution in [0.3, 0.4) is 0 Å². The summed E-state index contributed by atoms with van der Waals surface area (Å²) in [5.74, 6) is -1.11. The molecule has 0 saturated carbocycles. The van der Waals surface area contributed by atoms with Crippen LogP contribution in [0.25, 0.3) is 0 Å². The zero-order valence-electron chi connectivity index (χ0n) is 15.1. The first kappa shape index (κ1) is 24.9. The van der Waals surface area contributed by atoms with Gasteiger partial charge in [-0.3, -0.25) is 4.79 Å². The standard InChI is InChI=1S/C9H10O.C5H8O3.C5H10O2/c1-8-2-4-9(5-3-8)6-7-10;1-4(3-6)5(7)8-2;6-4-2-1-3-5-7/h2-5,7H,6H2,1H3;3-4H,1-2H3;4,7H,1-3,5H2. The van der Waals surface area contributed by atoms with E-state index in [1.54, 1.807) is 0 Å². The molecule has 1 aromatic rings. The Morgan fingerprint density at radius 1 is 1.12 bits per heavy atom. The molecule has 0 aliphatic heterocycles. The lowest BCUT2D eigenvalue weighted by molar-refractivity contribution is -0.146. The van der Waals surface area contributed by atoms with Crippen LogP contribution in [0.5, 0.6) is 0 Å².